The molecule has 3 aromatic rings. The van der Waals surface area contributed by atoms with Crippen LogP contribution in [0.15, 0.2) is 35.9 Å². The van der Waals surface area contributed by atoms with Crippen molar-refractivity contribution in [3.63, 3.8) is 0 Å². The van der Waals surface area contributed by atoms with Gasteiger partial charge >= 0.3 is 5.97 Å². The van der Waals surface area contributed by atoms with E-state index in [0.717, 1.165) is 40.6 Å². The quantitative estimate of drug-likeness (QED) is 0.374. The monoisotopic (exact) mass is 556 g/mol. The number of benzene rings is 2. The van der Waals surface area contributed by atoms with Crippen molar-refractivity contribution >= 4 is 28.9 Å². The van der Waals surface area contributed by atoms with E-state index in [-0.39, 0.29) is 30.9 Å². The predicted molar refractivity (Wildman–Crippen MR) is 155 cm³/mol. The number of carbonyl (C=O) groups is 2. The first-order valence-corrected chi connectivity index (χ1v) is 14.7. The van der Waals surface area contributed by atoms with Crippen molar-refractivity contribution in [2.45, 2.75) is 70.6 Å². The van der Waals surface area contributed by atoms with Crippen molar-refractivity contribution in [3.05, 3.63) is 52.6 Å². The van der Waals surface area contributed by atoms with E-state index in [9.17, 15) is 9.59 Å². The molecule has 1 saturated carbocycles. The molecule has 2 atom stereocenters. The fourth-order valence-corrected chi connectivity index (χ4v) is 7.24. The largest absolute Gasteiger partial charge is 0.465 e. The molecule has 2 aromatic carbocycles. The second kappa shape index (κ2) is 10.2. The van der Waals surface area contributed by atoms with Gasteiger partial charge < -0.3 is 28.4 Å². The number of rotatable bonds is 3. The minimum absolute atomic E-state index is 0.00801. The number of aromatic nitrogens is 1. The highest BCUT2D eigenvalue weighted by Crippen LogP contribution is 2.49. The summed E-state index contributed by atoms with van der Waals surface area (Å²) < 4.78 is 24.9. The third-order valence-electron chi connectivity index (χ3n) is 8.98. The third kappa shape index (κ3) is 4.49. The van der Waals surface area contributed by atoms with E-state index in [4.69, 9.17) is 18.9 Å². The van der Waals surface area contributed by atoms with Gasteiger partial charge in [0.2, 0.25) is 6.79 Å². The molecule has 4 aliphatic rings. The maximum Gasteiger partial charge on any atom is 0.337 e. The van der Waals surface area contributed by atoms with Gasteiger partial charge in [0.15, 0.2) is 11.5 Å². The van der Waals surface area contributed by atoms with Gasteiger partial charge in [-0.25, -0.2) is 4.79 Å². The van der Waals surface area contributed by atoms with Crippen LogP contribution in [0.2, 0.25) is 0 Å². The van der Waals surface area contributed by atoms with E-state index in [1.807, 2.05) is 43.0 Å². The Bertz CT molecular complexity index is 1570. The van der Waals surface area contributed by atoms with Crippen LogP contribution in [0.3, 0.4) is 0 Å². The van der Waals surface area contributed by atoms with Crippen LogP contribution in [0.25, 0.3) is 28.2 Å². The Kier molecular flexibility index (Phi) is 6.53. The van der Waals surface area contributed by atoms with E-state index in [0.29, 0.717) is 48.2 Å². The fraction of sp³-hybridized carbons (Fsp3) is 0.455. The van der Waals surface area contributed by atoms with Gasteiger partial charge in [-0.3, -0.25) is 4.79 Å². The van der Waals surface area contributed by atoms with Crippen LogP contribution in [0.1, 0.15) is 73.4 Å². The first-order valence-electron chi connectivity index (χ1n) is 14.7. The summed E-state index contributed by atoms with van der Waals surface area (Å²) in [6, 6.07) is 9.93. The van der Waals surface area contributed by atoms with Crippen LogP contribution >= 0.6 is 0 Å². The molecule has 4 heterocycles. The Balaban J connectivity index is 1.47. The average Bonchev–Trinajstić information content (AvgIpc) is 3.52. The fourth-order valence-electron chi connectivity index (χ4n) is 7.24. The molecule has 8 nitrogen and oxygen atoms in total. The number of fused-ring (bicyclic) bond motifs is 6. The smallest absolute Gasteiger partial charge is 0.337 e. The van der Waals surface area contributed by atoms with Gasteiger partial charge in [0.25, 0.3) is 5.91 Å². The minimum Gasteiger partial charge on any atom is -0.465 e. The van der Waals surface area contributed by atoms with Gasteiger partial charge in [-0.2, -0.15) is 0 Å². The standard InChI is InChI=1S/C33H36N2O6/c1-19-15-34(16-20(2)41-19)32(36)24-11-23-13-28-29(40-18-39-28)14-26(23)31-30(21-7-5-4-6-8-21)25-10-9-22(33(37)38-3)12-27(25)35(31)17-24/h9-14,19-21H,4-8,15-18H2,1-3H3/t19-,20+. The van der Waals surface area contributed by atoms with E-state index in [2.05, 4.69) is 16.7 Å². The van der Waals surface area contributed by atoms with Crippen molar-refractivity contribution in [3.8, 4) is 22.8 Å². The number of ether oxygens (including phenoxy) is 4. The van der Waals surface area contributed by atoms with Crippen LogP contribution in [0.4, 0.5) is 0 Å². The average molecular weight is 557 g/mol. The van der Waals surface area contributed by atoms with Crippen LogP contribution in [-0.4, -0.2) is 60.5 Å². The molecule has 8 heteroatoms. The molecule has 7 rings (SSSR count). The molecule has 214 valence electrons. The maximum absolute atomic E-state index is 14.2. The zero-order chi connectivity index (χ0) is 28.2. The molecule has 0 bridgehead atoms. The highest BCUT2D eigenvalue weighted by Gasteiger charge is 2.34. The Morgan fingerprint density at radius 3 is 2.41 bits per heavy atom. The number of amides is 1. The summed E-state index contributed by atoms with van der Waals surface area (Å²) in [5.74, 6) is 1.43. The topological polar surface area (TPSA) is 79.2 Å². The molecule has 0 unspecified atom stereocenters. The second-order valence-corrected chi connectivity index (χ2v) is 11.8. The number of esters is 1. The number of morpholine rings is 1. The lowest BCUT2D eigenvalue weighted by Crippen LogP contribution is -2.48. The molecule has 0 N–H and O–H groups in total. The lowest BCUT2D eigenvalue weighted by Gasteiger charge is -2.35. The first kappa shape index (κ1) is 26.1. The van der Waals surface area contributed by atoms with Gasteiger partial charge in [0, 0.05) is 35.1 Å². The maximum atomic E-state index is 14.2. The van der Waals surface area contributed by atoms with Gasteiger partial charge in [-0.1, -0.05) is 25.3 Å². The Hall–Kier alpha value is -3.78. The molecular weight excluding hydrogens is 520 g/mol. The Morgan fingerprint density at radius 1 is 0.951 bits per heavy atom. The summed E-state index contributed by atoms with van der Waals surface area (Å²) >= 11 is 0. The highest BCUT2D eigenvalue weighted by atomic mass is 16.7. The Morgan fingerprint density at radius 2 is 1.68 bits per heavy atom. The summed E-state index contributed by atoms with van der Waals surface area (Å²) in [7, 11) is 1.40. The highest BCUT2D eigenvalue weighted by molar-refractivity contribution is 6.04. The number of hydrogen-bond acceptors (Lipinski definition) is 6. The van der Waals surface area contributed by atoms with E-state index >= 15 is 0 Å². The van der Waals surface area contributed by atoms with E-state index in [1.165, 1.54) is 31.9 Å². The molecule has 0 radical (unpaired) electrons. The predicted octanol–water partition coefficient (Wildman–Crippen LogP) is 5.90. The number of carbonyl (C=O) groups excluding carboxylic acids is 2. The van der Waals surface area contributed by atoms with Crippen molar-refractivity contribution in [1.29, 1.82) is 0 Å². The van der Waals surface area contributed by atoms with Gasteiger partial charge in [0.1, 0.15) is 0 Å². The first-order chi connectivity index (χ1) is 19.9. The minimum atomic E-state index is -0.373. The SMILES string of the molecule is COC(=O)c1ccc2c(C3CCCCC3)c3n(c2c1)CC(C(=O)N1C[C@@H](C)O[C@@H](C)C1)=Cc1cc2c(cc1-3)OCO2. The molecule has 1 aromatic heterocycles. The summed E-state index contributed by atoms with van der Waals surface area (Å²) in [4.78, 5) is 28.7. The van der Waals surface area contributed by atoms with Crippen LogP contribution in [0.5, 0.6) is 11.5 Å². The van der Waals surface area contributed by atoms with Gasteiger partial charge in [-0.05, 0) is 74.1 Å². The van der Waals surface area contributed by atoms with E-state index in [1.54, 1.807) is 0 Å². The van der Waals surface area contributed by atoms with Crippen LogP contribution in [0, 0.1) is 0 Å². The summed E-state index contributed by atoms with van der Waals surface area (Å²) in [6.07, 6.45) is 7.85. The van der Waals surface area contributed by atoms with Gasteiger partial charge in [-0.15, -0.1) is 0 Å². The van der Waals surface area contributed by atoms with Crippen molar-refractivity contribution < 1.29 is 28.5 Å². The molecule has 1 amide bonds. The molecule has 3 aliphatic heterocycles. The molecular formula is C33H36N2O6. The summed E-state index contributed by atoms with van der Waals surface area (Å²) in [5, 5.41) is 1.13. The molecule has 1 saturated heterocycles. The number of hydrogen-bond donors (Lipinski definition) is 0. The van der Waals surface area contributed by atoms with Crippen LogP contribution in [-0.2, 0) is 20.8 Å². The number of methoxy groups -OCH3 is 1. The second-order valence-electron chi connectivity index (χ2n) is 11.8. The normalized spacial score (nSPS) is 22.1. The van der Waals surface area contributed by atoms with Crippen molar-refractivity contribution in [1.82, 2.24) is 9.47 Å². The van der Waals surface area contributed by atoms with Gasteiger partial charge in [0.05, 0.1) is 37.1 Å². The van der Waals surface area contributed by atoms with Crippen LogP contribution < -0.4 is 9.47 Å². The number of nitrogens with zero attached hydrogens (tertiary/aromatic N) is 2. The Labute approximate surface area is 239 Å². The lowest BCUT2D eigenvalue weighted by molar-refractivity contribution is -0.139. The summed E-state index contributed by atoms with van der Waals surface area (Å²) in [6.45, 7) is 5.69. The molecule has 1 aliphatic carbocycles. The molecule has 2 fully saturated rings. The zero-order valence-electron chi connectivity index (χ0n) is 23.9. The third-order valence-corrected chi connectivity index (χ3v) is 8.98. The van der Waals surface area contributed by atoms with Crippen molar-refractivity contribution in [2.75, 3.05) is 27.0 Å². The summed E-state index contributed by atoms with van der Waals surface area (Å²) in [5.41, 5.74) is 6.50. The zero-order valence-corrected chi connectivity index (χ0v) is 23.9. The molecule has 41 heavy (non-hydrogen) atoms. The molecule has 0 spiro atoms. The van der Waals surface area contributed by atoms with Crippen molar-refractivity contribution in [2.24, 2.45) is 0 Å². The van der Waals surface area contributed by atoms with E-state index < -0.39 is 0 Å². The lowest BCUT2D eigenvalue weighted by atomic mass is 9.81.